The van der Waals surface area contributed by atoms with Gasteiger partial charge in [0.05, 0.1) is 43.3 Å². The highest BCUT2D eigenvalue weighted by Crippen LogP contribution is 2.67. The highest BCUT2D eigenvalue weighted by molar-refractivity contribution is 5.06. The minimum atomic E-state index is -4.17. The van der Waals surface area contributed by atoms with Crippen LogP contribution < -0.4 is 0 Å². The second-order valence-electron chi connectivity index (χ2n) is 41.1. The molecule has 5 atom stereocenters. The first kappa shape index (κ1) is 136. The van der Waals surface area contributed by atoms with Crippen molar-refractivity contribution in [2.75, 3.05) is 0 Å². The fraction of sp³-hybridized carbons (Fsp3) is 1.00. The van der Waals surface area contributed by atoms with E-state index in [1.807, 2.05) is 166 Å². The zero-order valence-electron chi connectivity index (χ0n) is 85.9. The molecule has 0 saturated carbocycles. The Morgan fingerprint density at radius 3 is 0.525 bits per heavy atom. The van der Waals surface area contributed by atoms with Crippen molar-refractivity contribution in [1.82, 2.24) is 0 Å². The first-order valence-corrected chi connectivity index (χ1v) is 46.4. The van der Waals surface area contributed by atoms with Crippen molar-refractivity contribution in [2.45, 2.75) is 483 Å². The Balaban J connectivity index is -0.000000203. The monoisotopic (exact) mass is 1820 g/mol. The summed E-state index contributed by atoms with van der Waals surface area (Å²) in [4.78, 5) is 0. The molecule has 122 heavy (non-hydrogen) atoms. The van der Waals surface area contributed by atoms with E-state index in [2.05, 4.69) is 0 Å². The highest BCUT2D eigenvalue weighted by Gasteiger charge is 2.68. The van der Waals surface area contributed by atoms with Gasteiger partial charge in [-0.05, 0) is 176 Å². The number of rotatable bonds is 36. The maximum absolute atomic E-state index is 13.8. The lowest BCUT2D eigenvalue weighted by molar-refractivity contribution is -0.301. The third-order valence-electron chi connectivity index (χ3n) is 33.4. The second-order valence-corrected chi connectivity index (χ2v) is 41.1. The summed E-state index contributed by atoms with van der Waals surface area (Å²) in [6.45, 7) is 79.3. The largest absolute Gasteiger partial charge is 0.395 e. The van der Waals surface area contributed by atoms with Crippen LogP contribution in [0.4, 0.5) is 105 Å². The van der Waals surface area contributed by atoms with Crippen molar-refractivity contribution < 1.29 is 105 Å². The zero-order valence-corrected chi connectivity index (χ0v) is 85.9. The van der Waals surface area contributed by atoms with Crippen molar-refractivity contribution in [1.29, 1.82) is 0 Å². The lowest BCUT2D eigenvalue weighted by Gasteiger charge is -2.57. The van der Waals surface area contributed by atoms with Crippen LogP contribution in [0.5, 0.6) is 0 Å². The van der Waals surface area contributed by atoms with Gasteiger partial charge in [-0.25, -0.2) is 0 Å². The molecule has 0 aliphatic carbocycles. The van der Waals surface area contributed by atoms with Crippen LogP contribution in [0.2, 0.25) is 0 Å². The molecular formula is C98H188F24. The Morgan fingerprint density at radius 1 is 0.197 bits per heavy atom. The average molecular weight is 1820 g/mol. The van der Waals surface area contributed by atoms with Crippen LogP contribution in [-0.4, -0.2) is 49.4 Å². The first-order valence-electron chi connectivity index (χ1n) is 46.4. The Morgan fingerprint density at radius 2 is 0.418 bits per heavy atom. The third-order valence-corrected chi connectivity index (χ3v) is 33.4. The maximum atomic E-state index is 13.8. The summed E-state index contributed by atoms with van der Waals surface area (Å²) in [5, 5.41) is 0. The molecule has 0 radical (unpaired) electrons. The van der Waals surface area contributed by atoms with Crippen molar-refractivity contribution in [3.8, 4) is 0 Å². The fourth-order valence-corrected chi connectivity index (χ4v) is 20.9. The summed E-state index contributed by atoms with van der Waals surface area (Å²) in [7, 11) is 0. The molecule has 748 valence electrons. The second kappa shape index (κ2) is 52.5. The van der Waals surface area contributed by atoms with E-state index in [1.54, 1.807) is 96.9 Å². The van der Waals surface area contributed by atoms with Gasteiger partial charge in [0.25, 0.3) is 0 Å². The molecule has 0 saturated heterocycles. The van der Waals surface area contributed by atoms with Gasteiger partial charge in [-0.1, -0.05) is 363 Å². The van der Waals surface area contributed by atoms with Gasteiger partial charge in [0.1, 0.15) is 0 Å². The molecule has 0 aromatic rings. The highest BCUT2D eigenvalue weighted by atomic mass is 19.4. The molecule has 0 unspecified atom stereocenters. The Kier molecular flexibility index (Phi) is 58.5. The summed E-state index contributed by atoms with van der Waals surface area (Å²) in [5.74, 6) is -3.20. The van der Waals surface area contributed by atoms with Crippen LogP contribution in [0.15, 0.2) is 0 Å². The lowest BCUT2D eigenvalue weighted by Crippen LogP contribution is -2.57. The maximum Gasteiger partial charge on any atom is 0.395 e. The molecule has 0 fully saturated rings. The first-order chi connectivity index (χ1) is 53.9. The molecular weight excluding hydrogens is 1630 g/mol. The molecule has 0 nitrogen and oxygen atoms in total. The van der Waals surface area contributed by atoms with E-state index in [-0.39, 0.29) is 83.9 Å². The van der Waals surface area contributed by atoms with Gasteiger partial charge in [0, 0.05) is 0 Å². The van der Waals surface area contributed by atoms with E-state index in [0.717, 1.165) is 0 Å². The summed E-state index contributed by atoms with van der Waals surface area (Å²) >= 11 is 0. The number of alkyl halides is 24. The van der Waals surface area contributed by atoms with Crippen LogP contribution in [0, 0.1) is 148 Å². The van der Waals surface area contributed by atoms with Gasteiger partial charge in [-0.2, -0.15) is 105 Å². The predicted octanol–water partition coefficient (Wildman–Crippen LogP) is 40.8. The average Bonchev–Trinajstić information content (AvgIpc) is 0.716. The Hall–Kier alpha value is -1.68. The SMILES string of the molecule is CC(C)C(C(C)C)[C@](C)(C(C)C)C(F)(F)F.CC(C)C(C)(C(C)C)C(F)(F)F.CCC(C)(CC)C(C)(C(F)(F)F)C(C)(CC)CC.CCC(C)(CC)[C@](C)(C(C)C)C(F)(F)F.CCC(CC)C(C)(C(CC)CC)C(F)(F)F.CCC(CC)[C@](C)(C(C)C)C(F)(F)F.CCC[C@@](C)(C(C(C)C)C(C)C)C(F)(F)F.CCC[C@](C)(C(F)(F)F)C(C)(CC)CC. The summed E-state index contributed by atoms with van der Waals surface area (Å²) in [6.07, 6.45) is -23.4. The summed E-state index contributed by atoms with van der Waals surface area (Å²) in [5.41, 5.74) is -15.4. The van der Waals surface area contributed by atoms with Gasteiger partial charge in [0.15, 0.2) is 0 Å². The summed E-state index contributed by atoms with van der Waals surface area (Å²) in [6, 6.07) is 0. The topological polar surface area (TPSA) is 0 Å². The van der Waals surface area contributed by atoms with Gasteiger partial charge in [-0.15, -0.1) is 0 Å². The smallest absolute Gasteiger partial charge is 0.171 e. The molecule has 0 bridgehead atoms. The minimum absolute atomic E-state index is 0.0361. The molecule has 0 heterocycles. The lowest BCUT2D eigenvalue weighted by atomic mass is 9.49. The Bertz CT molecular complexity index is 2580. The van der Waals surface area contributed by atoms with Crippen LogP contribution in [-0.2, 0) is 0 Å². The van der Waals surface area contributed by atoms with Crippen LogP contribution in [0.3, 0.4) is 0 Å². The van der Waals surface area contributed by atoms with Gasteiger partial charge in [0.2, 0.25) is 0 Å². The van der Waals surface area contributed by atoms with Crippen molar-refractivity contribution in [2.24, 2.45) is 148 Å². The number of hydrogen-bond donors (Lipinski definition) is 0. The van der Waals surface area contributed by atoms with Crippen LogP contribution in [0.1, 0.15) is 434 Å². The fourth-order valence-electron chi connectivity index (χ4n) is 20.9. The number of hydrogen-bond acceptors (Lipinski definition) is 0. The normalized spacial score (nSPS) is 16.4. The van der Waals surface area contributed by atoms with E-state index in [4.69, 9.17) is 0 Å². The molecule has 0 aliphatic rings. The summed E-state index contributed by atoms with van der Waals surface area (Å²) < 4.78 is 317. The molecule has 0 aromatic carbocycles. The molecule has 0 rings (SSSR count). The van der Waals surface area contributed by atoms with E-state index < -0.39 is 126 Å². The van der Waals surface area contributed by atoms with Crippen molar-refractivity contribution in [3.63, 3.8) is 0 Å². The Labute approximate surface area is 733 Å². The minimum Gasteiger partial charge on any atom is -0.171 e. The van der Waals surface area contributed by atoms with Gasteiger partial charge < -0.3 is 0 Å². The molecule has 0 N–H and O–H groups in total. The molecule has 0 spiro atoms. The van der Waals surface area contributed by atoms with E-state index >= 15 is 0 Å². The van der Waals surface area contributed by atoms with E-state index in [1.165, 1.54) is 55.4 Å². The standard InChI is InChI=1S/C15H29F3.3C13H25F3.2C12H23F3.C11H21F3.C9H17F3/c1-8-12(5,9-2)14(7,15(16,17)18)13(6,10-3)11-4;1-8(2)11(9(3)4)12(7,10(5)6)13(14,15)16;1-7-8-12(6,13(14,15)16)11(9(2)3)10(4)5;1-6-10(7-2)12(5,13(14,15)16)11(8-3)9-4;1-7-10(5,8-2)11(6,9(3)4)12(13,14)15;1-6-9-11(5,12(13,14)15)10(4,7-2)8-3;1-6-9(7-2)10(5,8(3)4)11(12,13)14;1-6(2)8(5,7(3)4)9(10,11)12/h8-11H2,1-7H3;8-11H,1-7H3;9-11H,7-8H2,1-6H3;10-11H,6-9H2,1-5H3;9H,7-8H2,1-6H3;6-9H2,1-5H3;8-9H,6-7H2,1-5H3;6-7H,1-5H3/t;2*12-;;2*11-;10-;/m.00.000./s1. The van der Waals surface area contributed by atoms with Gasteiger partial charge in [-0.3, -0.25) is 0 Å². The van der Waals surface area contributed by atoms with E-state index in [9.17, 15) is 105 Å². The van der Waals surface area contributed by atoms with Crippen LogP contribution in [0.25, 0.3) is 0 Å². The third kappa shape index (κ3) is 31.8. The molecule has 0 amide bonds. The quantitative estimate of drug-likeness (QED) is 0.0549. The molecule has 0 aromatic heterocycles. The predicted molar refractivity (Wildman–Crippen MR) is 471 cm³/mol. The van der Waals surface area contributed by atoms with Gasteiger partial charge >= 0.3 is 49.4 Å². The van der Waals surface area contributed by atoms with Crippen molar-refractivity contribution in [3.05, 3.63) is 0 Å². The van der Waals surface area contributed by atoms with E-state index in [0.29, 0.717) is 103 Å². The zero-order chi connectivity index (χ0) is 101. The number of halogens is 24. The molecule has 24 heteroatoms. The molecule has 0 aliphatic heterocycles. The van der Waals surface area contributed by atoms with Crippen molar-refractivity contribution >= 4 is 0 Å². The van der Waals surface area contributed by atoms with Crippen LogP contribution >= 0.6 is 0 Å².